The van der Waals surface area contributed by atoms with Crippen LogP contribution < -0.4 is 9.04 Å². The van der Waals surface area contributed by atoms with Crippen LogP contribution in [0.2, 0.25) is 0 Å². The Labute approximate surface area is 234 Å². The van der Waals surface area contributed by atoms with Gasteiger partial charge in [-0.1, -0.05) is 36.4 Å². The number of hydrogen-bond acceptors (Lipinski definition) is 6. The summed E-state index contributed by atoms with van der Waals surface area (Å²) in [6.07, 6.45) is -1.58. The molecule has 1 N–H and O–H groups in total. The number of aromatic nitrogens is 1. The van der Waals surface area contributed by atoms with Gasteiger partial charge in [-0.25, -0.2) is 22.5 Å². The van der Waals surface area contributed by atoms with Crippen molar-refractivity contribution < 1.29 is 41.0 Å². The third-order valence-corrected chi connectivity index (χ3v) is 8.45. The number of hydrogen-bond donors (Lipinski definition) is 1. The second-order valence-corrected chi connectivity index (χ2v) is 11.5. The summed E-state index contributed by atoms with van der Waals surface area (Å²) < 4.78 is 76.8. The second-order valence-electron chi connectivity index (χ2n) is 9.62. The molecule has 1 aliphatic rings. The number of nitrogens with zero attached hydrogens (tertiary/aromatic N) is 2. The van der Waals surface area contributed by atoms with Gasteiger partial charge < -0.3 is 14.6 Å². The molecule has 0 amide bonds. The lowest BCUT2D eigenvalue weighted by Crippen LogP contribution is -2.32. The maximum Gasteiger partial charge on any atom is 0.573 e. The normalized spacial score (nSPS) is 13.8. The average Bonchev–Trinajstić information content (AvgIpc) is 3.76. The number of methoxy groups -OCH3 is 1. The van der Waals surface area contributed by atoms with Gasteiger partial charge in [-0.15, -0.1) is 13.2 Å². The zero-order chi connectivity index (χ0) is 29.4. The van der Waals surface area contributed by atoms with Crippen LogP contribution in [0, 0.1) is 0 Å². The van der Waals surface area contributed by atoms with Gasteiger partial charge in [0.1, 0.15) is 11.6 Å². The molecule has 0 aliphatic heterocycles. The molecule has 1 aliphatic carbocycles. The predicted molar refractivity (Wildman–Crippen MR) is 144 cm³/mol. The van der Waals surface area contributed by atoms with Gasteiger partial charge in [0.2, 0.25) is 0 Å². The number of benzene rings is 3. The van der Waals surface area contributed by atoms with E-state index in [0.29, 0.717) is 5.56 Å². The van der Waals surface area contributed by atoms with Crippen molar-refractivity contribution in [3.05, 3.63) is 95.2 Å². The topological polar surface area (TPSA) is 106 Å². The largest absolute Gasteiger partial charge is 0.573 e. The molecular weight excluding hydrogens is 561 g/mol. The number of fused-ring (bicyclic) bond motifs is 1. The van der Waals surface area contributed by atoms with Crippen LogP contribution in [0.4, 0.5) is 19.0 Å². The number of ether oxygens (including phenoxy) is 2. The molecule has 12 heteroatoms. The molecule has 214 valence electrons. The van der Waals surface area contributed by atoms with Crippen LogP contribution in [0.25, 0.3) is 10.8 Å². The molecule has 0 unspecified atom stereocenters. The number of carboxylic acids is 1. The second kappa shape index (κ2) is 11.0. The van der Waals surface area contributed by atoms with Gasteiger partial charge in [-0.05, 0) is 65.6 Å². The molecule has 1 heterocycles. The number of anilines is 1. The van der Waals surface area contributed by atoms with Gasteiger partial charge in [-0.2, -0.15) is 0 Å². The highest BCUT2D eigenvalue weighted by Crippen LogP contribution is 2.48. The maximum absolute atomic E-state index is 14.3. The summed E-state index contributed by atoms with van der Waals surface area (Å²) in [4.78, 5) is 16.1. The highest BCUT2D eigenvalue weighted by molar-refractivity contribution is 7.92. The van der Waals surface area contributed by atoms with Crippen LogP contribution in [0.1, 0.15) is 45.8 Å². The number of pyridine rings is 1. The first-order chi connectivity index (χ1) is 19.5. The molecule has 41 heavy (non-hydrogen) atoms. The zero-order valence-electron chi connectivity index (χ0n) is 21.8. The van der Waals surface area contributed by atoms with E-state index in [1.807, 2.05) is 24.3 Å². The number of rotatable bonds is 10. The first-order valence-corrected chi connectivity index (χ1v) is 14.0. The van der Waals surface area contributed by atoms with Crippen LogP contribution in [0.5, 0.6) is 5.75 Å². The summed E-state index contributed by atoms with van der Waals surface area (Å²) in [5.74, 6) is -1.38. The molecular formula is C29H25F3N2O6S. The van der Waals surface area contributed by atoms with Gasteiger partial charge >= 0.3 is 12.3 Å². The first-order valence-electron chi connectivity index (χ1n) is 12.6. The Morgan fingerprint density at radius 3 is 2.41 bits per heavy atom. The summed E-state index contributed by atoms with van der Waals surface area (Å²) >= 11 is 0. The van der Waals surface area contributed by atoms with E-state index in [0.717, 1.165) is 45.6 Å². The molecule has 0 atom stereocenters. The van der Waals surface area contributed by atoms with Crippen molar-refractivity contribution in [1.82, 2.24) is 4.98 Å². The minimum absolute atomic E-state index is 0.0855. The Bertz CT molecular complexity index is 1700. The van der Waals surface area contributed by atoms with Gasteiger partial charge in [0, 0.05) is 24.3 Å². The molecule has 1 saturated carbocycles. The molecule has 0 radical (unpaired) electrons. The molecule has 0 spiro atoms. The molecule has 1 aromatic heterocycles. The van der Waals surface area contributed by atoms with Gasteiger partial charge in [0.05, 0.1) is 23.6 Å². The van der Waals surface area contributed by atoms with Gasteiger partial charge in [-0.3, -0.25) is 0 Å². The Morgan fingerprint density at radius 2 is 1.78 bits per heavy atom. The summed E-state index contributed by atoms with van der Waals surface area (Å²) in [5.41, 5.74) is 1.23. The van der Waals surface area contributed by atoms with E-state index < -0.39 is 28.1 Å². The number of aromatic carboxylic acids is 1. The number of halogens is 3. The van der Waals surface area contributed by atoms with E-state index in [4.69, 9.17) is 4.74 Å². The zero-order valence-corrected chi connectivity index (χ0v) is 22.6. The Balaban J connectivity index is 1.65. The van der Waals surface area contributed by atoms with E-state index in [1.54, 1.807) is 6.20 Å². The van der Waals surface area contributed by atoms with Crippen molar-refractivity contribution >= 4 is 32.6 Å². The van der Waals surface area contributed by atoms with E-state index in [2.05, 4.69) is 9.72 Å². The summed E-state index contributed by atoms with van der Waals surface area (Å²) in [5, 5.41) is 11.3. The smallest absolute Gasteiger partial charge is 0.478 e. The third kappa shape index (κ3) is 6.13. The fraction of sp³-hybridized carbons (Fsp3) is 0.241. The van der Waals surface area contributed by atoms with Crippen molar-refractivity contribution in [2.24, 2.45) is 0 Å². The fourth-order valence-corrected chi connectivity index (χ4v) is 6.20. The quantitative estimate of drug-likeness (QED) is 0.234. The number of carboxylic acid groups (broad SMARTS) is 1. The predicted octanol–water partition coefficient (Wildman–Crippen LogP) is 6.25. The minimum atomic E-state index is -4.87. The molecule has 1 fully saturated rings. The van der Waals surface area contributed by atoms with E-state index in [-0.39, 0.29) is 40.9 Å². The Kier molecular flexibility index (Phi) is 7.62. The fourth-order valence-electron chi connectivity index (χ4n) is 4.73. The van der Waals surface area contributed by atoms with Crippen molar-refractivity contribution in [3.63, 3.8) is 0 Å². The lowest BCUT2D eigenvalue weighted by molar-refractivity contribution is -0.274. The SMILES string of the molecule is COCc1cc(S(=O)(=O)N(Cc2ccc(OC(F)(F)F)cc2)c2ncc3ccccc3c2C2CC2)ccc1C(=O)O. The van der Waals surface area contributed by atoms with Crippen molar-refractivity contribution in [1.29, 1.82) is 0 Å². The van der Waals surface area contributed by atoms with Crippen LogP contribution >= 0.6 is 0 Å². The lowest BCUT2D eigenvalue weighted by atomic mass is 10.0. The molecule has 5 rings (SSSR count). The molecule has 0 bridgehead atoms. The minimum Gasteiger partial charge on any atom is -0.478 e. The van der Waals surface area contributed by atoms with Crippen LogP contribution in [-0.4, -0.2) is 37.9 Å². The van der Waals surface area contributed by atoms with E-state index >= 15 is 0 Å². The number of sulfonamides is 1. The highest BCUT2D eigenvalue weighted by atomic mass is 32.2. The number of carbonyl (C=O) groups is 1. The molecule has 3 aromatic carbocycles. The van der Waals surface area contributed by atoms with Crippen LogP contribution in [-0.2, 0) is 27.9 Å². The van der Waals surface area contributed by atoms with Gasteiger partial charge in [0.15, 0.2) is 0 Å². The summed E-state index contributed by atoms with van der Waals surface area (Å²) in [6.45, 7) is -0.382. The molecule has 0 saturated heterocycles. The average molecular weight is 587 g/mol. The number of alkyl halides is 3. The maximum atomic E-state index is 14.3. The van der Waals surface area contributed by atoms with E-state index in [9.17, 15) is 31.5 Å². The highest BCUT2D eigenvalue weighted by Gasteiger charge is 2.36. The standard InChI is InChI=1S/C29H25F3N2O6S/c1-39-17-21-14-23(12-13-25(21)28(35)36)41(37,38)34(16-18-6-10-22(11-7-18)40-29(30,31)32)27-26(19-8-9-19)24-5-3-2-4-20(24)15-33-27/h2-7,10-15,19H,8-9,16-17H2,1H3,(H,35,36). The van der Waals surface area contributed by atoms with Gasteiger partial charge in [0.25, 0.3) is 10.0 Å². The Hall–Kier alpha value is -4.16. The first kappa shape index (κ1) is 28.4. The van der Waals surface area contributed by atoms with Crippen molar-refractivity contribution in [2.75, 3.05) is 11.4 Å². The monoisotopic (exact) mass is 586 g/mol. The lowest BCUT2D eigenvalue weighted by Gasteiger charge is -2.27. The Morgan fingerprint density at radius 1 is 1.07 bits per heavy atom. The van der Waals surface area contributed by atoms with E-state index in [1.165, 1.54) is 37.4 Å². The van der Waals surface area contributed by atoms with Crippen molar-refractivity contribution in [3.8, 4) is 5.75 Å². The summed E-state index contributed by atoms with van der Waals surface area (Å²) in [7, 11) is -2.99. The van der Waals surface area contributed by atoms with Crippen LogP contribution in [0.15, 0.2) is 77.8 Å². The molecule has 4 aromatic rings. The summed E-state index contributed by atoms with van der Waals surface area (Å²) in [6, 6.07) is 16.1. The van der Waals surface area contributed by atoms with Crippen molar-refractivity contribution in [2.45, 2.75) is 43.2 Å². The molecule has 8 nitrogen and oxygen atoms in total. The van der Waals surface area contributed by atoms with Crippen LogP contribution in [0.3, 0.4) is 0 Å². The third-order valence-electron chi connectivity index (χ3n) is 6.72.